The summed E-state index contributed by atoms with van der Waals surface area (Å²) in [5.74, 6) is 0. The van der Waals surface area contributed by atoms with E-state index in [1.165, 1.54) is 36.9 Å². The Morgan fingerprint density at radius 2 is 2.27 bits per heavy atom. The predicted octanol–water partition coefficient (Wildman–Crippen LogP) is 2.30. The van der Waals surface area contributed by atoms with E-state index in [4.69, 9.17) is 0 Å². The van der Waals surface area contributed by atoms with Crippen LogP contribution in [0.1, 0.15) is 0 Å². The monoisotopic (exact) mass is 191 g/mol. The molecule has 1 nitrogen and oxygen atoms in total. The van der Waals surface area contributed by atoms with Crippen molar-refractivity contribution in [3.63, 3.8) is 0 Å². The van der Waals surface area contributed by atoms with Crippen molar-refractivity contribution < 1.29 is 0 Å². The molecule has 1 aliphatic rings. The maximum absolute atomic E-state index is 3.44. The molecular formula is C7H6NNaS2. The molecule has 1 unspecified atom stereocenters. The number of rotatable bonds is 1. The van der Waals surface area contributed by atoms with Crippen molar-refractivity contribution in [3.8, 4) is 0 Å². The molecular weight excluding hydrogens is 185 g/mol. The SMILES string of the molecule is [Na][S]C1Nc2ccccc2S1. The van der Waals surface area contributed by atoms with Gasteiger partial charge in [-0.15, -0.1) is 0 Å². The van der Waals surface area contributed by atoms with Gasteiger partial charge in [0.2, 0.25) is 0 Å². The summed E-state index contributed by atoms with van der Waals surface area (Å²) < 4.78 is 0.569. The Bertz CT molecular complexity index is 241. The van der Waals surface area contributed by atoms with Gasteiger partial charge in [-0.05, 0) is 0 Å². The Balaban J connectivity index is 2.27. The van der Waals surface area contributed by atoms with E-state index in [1.54, 1.807) is 0 Å². The molecule has 0 radical (unpaired) electrons. The van der Waals surface area contributed by atoms with Gasteiger partial charge in [0.05, 0.1) is 0 Å². The van der Waals surface area contributed by atoms with Crippen molar-refractivity contribution in [1.29, 1.82) is 0 Å². The number of nitrogens with one attached hydrogen (secondary N) is 1. The van der Waals surface area contributed by atoms with Gasteiger partial charge >= 0.3 is 90.9 Å². The fourth-order valence-corrected chi connectivity index (χ4v) is 4.06. The summed E-state index contributed by atoms with van der Waals surface area (Å²) in [6, 6.07) is 8.48. The molecule has 0 saturated carbocycles. The van der Waals surface area contributed by atoms with Crippen LogP contribution < -0.4 is 5.32 Å². The third kappa shape index (κ3) is 1.73. The summed E-state index contributed by atoms with van der Waals surface area (Å²) in [5.41, 5.74) is 1.30. The summed E-state index contributed by atoms with van der Waals surface area (Å²) >= 11 is 3.12. The number of fused-ring (bicyclic) bond motifs is 1. The third-order valence-corrected chi connectivity index (χ3v) is 6.40. The van der Waals surface area contributed by atoms with E-state index in [0.717, 1.165) is 0 Å². The summed E-state index contributed by atoms with van der Waals surface area (Å²) in [7, 11) is 1.98. The van der Waals surface area contributed by atoms with Crippen molar-refractivity contribution in [2.75, 3.05) is 5.32 Å². The summed E-state index contributed by atoms with van der Waals surface area (Å²) in [5, 5.41) is 3.44. The Kier molecular flexibility index (Phi) is 2.74. The zero-order valence-corrected chi connectivity index (χ0v) is 9.84. The van der Waals surface area contributed by atoms with E-state index in [2.05, 4.69) is 29.6 Å². The van der Waals surface area contributed by atoms with E-state index in [1.807, 2.05) is 19.6 Å². The maximum atomic E-state index is 3.44. The molecule has 0 bridgehead atoms. The molecule has 1 aromatic carbocycles. The zero-order valence-electron chi connectivity index (χ0n) is 6.20. The van der Waals surface area contributed by atoms with E-state index in [9.17, 15) is 0 Å². The van der Waals surface area contributed by atoms with Gasteiger partial charge in [-0.25, -0.2) is 0 Å². The van der Waals surface area contributed by atoms with Crippen LogP contribution in [0.5, 0.6) is 0 Å². The van der Waals surface area contributed by atoms with E-state index >= 15 is 0 Å². The van der Waals surface area contributed by atoms with Gasteiger partial charge < -0.3 is 0 Å². The Hall–Kier alpha value is 0.720. The Morgan fingerprint density at radius 1 is 1.45 bits per heavy atom. The topological polar surface area (TPSA) is 12.0 Å². The van der Waals surface area contributed by atoms with Crippen molar-refractivity contribution in [2.45, 2.75) is 9.60 Å². The van der Waals surface area contributed by atoms with Gasteiger partial charge in [-0.1, -0.05) is 0 Å². The number of hydrogen-bond donors (Lipinski definition) is 1. The summed E-state index contributed by atoms with van der Waals surface area (Å²) in [6.45, 7) is 0. The molecule has 1 heterocycles. The van der Waals surface area contributed by atoms with Crippen LogP contribution in [0.25, 0.3) is 0 Å². The van der Waals surface area contributed by atoms with Gasteiger partial charge in [-0.3, -0.25) is 0 Å². The molecule has 0 aliphatic carbocycles. The van der Waals surface area contributed by atoms with E-state index in [0.29, 0.717) is 4.71 Å². The van der Waals surface area contributed by atoms with Crippen LogP contribution in [0, 0.1) is 0 Å². The first-order valence-corrected chi connectivity index (χ1v) is 8.07. The Morgan fingerprint density at radius 3 is 3.00 bits per heavy atom. The number of para-hydroxylation sites is 1. The van der Waals surface area contributed by atoms with Crippen molar-refractivity contribution >= 4 is 51.7 Å². The standard InChI is InChI=1S/C7H7NS2.Na/c9-7-8-5-3-1-2-4-6(5)10-7;/h1-4,7-9H;/q;+1/p-1. The van der Waals surface area contributed by atoms with Crippen LogP contribution in [0.15, 0.2) is 29.2 Å². The second-order valence-corrected chi connectivity index (χ2v) is 6.13. The zero-order chi connectivity index (χ0) is 7.68. The molecule has 1 atom stereocenters. The Labute approximate surface area is 90.1 Å². The average Bonchev–Trinajstić information content (AvgIpc) is 2.46. The normalized spacial score (nSPS) is 21.1. The molecule has 2 rings (SSSR count). The van der Waals surface area contributed by atoms with Crippen molar-refractivity contribution in [3.05, 3.63) is 24.3 Å². The summed E-state index contributed by atoms with van der Waals surface area (Å²) in [4.78, 5) is 1.39. The first-order valence-electron chi connectivity index (χ1n) is 3.45. The first kappa shape index (κ1) is 8.32. The molecule has 0 spiro atoms. The fourth-order valence-electron chi connectivity index (χ4n) is 1.07. The second-order valence-electron chi connectivity index (χ2n) is 2.33. The van der Waals surface area contributed by atoms with Crippen LogP contribution in [-0.2, 0) is 0 Å². The average molecular weight is 191 g/mol. The van der Waals surface area contributed by atoms with Gasteiger partial charge in [0.15, 0.2) is 0 Å². The number of thioether (sulfide) groups is 1. The van der Waals surface area contributed by atoms with Crippen LogP contribution in [0.4, 0.5) is 5.69 Å². The molecule has 11 heavy (non-hydrogen) atoms. The molecule has 1 N–H and O–H groups in total. The quantitative estimate of drug-likeness (QED) is 0.684. The van der Waals surface area contributed by atoms with Gasteiger partial charge in [0.1, 0.15) is 0 Å². The molecule has 52 valence electrons. The number of anilines is 1. The first-order chi connectivity index (χ1) is 5.40. The third-order valence-electron chi connectivity index (χ3n) is 1.61. The molecule has 1 aliphatic heterocycles. The number of hydrogen-bond acceptors (Lipinski definition) is 3. The van der Waals surface area contributed by atoms with Crippen LogP contribution in [0.3, 0.4) is 0 Å². The number of benzene rings is 1. The molecule has 0 saturated heterocycles. The van der Waals surface area contributed by atoms with Gasteiger partial charge in [-0.2, -0.15) is 0 Å². The van der Waals surface area contributed by atoms with Crippen LogP contribution in [-0.4, -0.2) is 31.1 Å². The molecule has 0 aromatic heterocycles. The van der Waals surface area contributed by atoms with E-state index in [-0.39, 0.29) is 0 Å². The van der Waals surface area contributed by atoms with Crippen LogP contribution >= 0.6 is 19.6 Å². The molecule has 0 amide bonds. The molecule has 0 fully saturated rings. The second kappa shape index (κ2) is 3.62. The molecule has 1 aromatic rings. The van der Waals surface area contributed by atoms with Crippen LogP contribution in [0.2, 0.25) is 0 Å². The summed E-state index contributed by atoms with van der Waals surface area (Å²) in [6.07, 6.45) is 0. The predicted molar refractivity (Wildman–Crippen MR) is 53.1 cm³/mol. The minimum absolute atomic E-state index is 0.569. The van der Waals surface area contributed by atoms with Crippen molar-refractivity contribution in [1.82, 2.24) is 0 Å². The molecule has 4 heteroatoms. The van der Waals surface area contributed by atoms with Crippen molar-refractivity contribution in [2.24, 2.45) is 0 Å². The van der Waals surface area contributed by atoms with Gasteiger partial charge in [0, 0.05) is 0 Å². The van der Waals surface area contributed by atoms with E-state index < -0.39 is 0 Å². The van der Waals surface area contributed by atoms with Gasteiger partial charge in [0.25, 0.3) is 0 Å². The minimum atomic E-state index is 0.569. The fraction of sp³-hybridized carbons (Fsp3) is 0.143.